The van der Waals surface area contributed by atoms with Gasteiger partial charge in [-0.1, -0.05) is 35.5 Å². The minimum absolute atomic E-state index is 0.0421. The number of nitrogens with zero attached hydrogens (tertiary/aromatic N) is 1. The van der Waals surface area contributed by atoms with Gasteiger partial charge in [0.15, 0.2) is 5.82 Å². The molecule has 0 saturated heterocycles. The number of benzene rings is 1. The zero-order chi connectivity index (χ0) is 13.2. The summed E-state index contributed by atoms with van der Waals surface area (Å²) in [5.41, 5.74) is 1.32. The molecule has 98 valence electrons. The van der Waals surface area contributed by atoms with E-state index in [0.29, 0.717) is 17.5 Å². The first-order valence-electron chi connectivity index (χ1n) is 6.51. The van der Waals surface area contributed by atoms with Crippen LogP contribution in [0.4, 0.5) is 5.82 Å². The molecule has 1 fully saturated rings. The molecule has 1 aliphatic rings. The molecule has 0 unspecified atom stereocenters. The minimum atomic E-state index is 0.0421. The van der Waals surface area contributed by atoms with Crippen LogP contribution in [-0.4, -0.2) is 11.1 Å². The number of rotatable bonds is 3. The predicted octanol–water partition coefficient (Wildman–Crippen LogP) is 3.12. The van der Waals surface area contributed by atoms with Crippen LogP contribution < -0.4 is 5.32 Å². The first-order valence-corrected chi connectivity index (χ1v) is 6.51. The molecular formula is C15H16N2O2. The summed E-state index contributed by atoms with van der Waals surface area (Å²) in [5, 5.41) is 6.56. The molecule has 2 aromatic rings. The lowest BCUT2D eigenvalue weighted by atomic mass is 9.71. The van der Waals surface area contributed by atoms with Gasteiger partial charge in [-0.3, -0.25) is 4.79 Å². The fourth-order valence-corrected chi connectivity index (χ4v) is 2.48. The van der Waals surface area contributed by atoms with E-state index in [1.54, 1.807) is 13.0 Å². The maximum atomic E-state index is 12.0. The number of carbonyl (C=O) groups is 1. The van der Waals surface area contributed by atoms with Crippen LogP contribution in [0.25, 0.3) is 0 Å². The predicted molar refractivity (Wildman–Crippen MR) is 71.8 cm³/mol. The van der Waals surface area contributed by atoms with Crippen LogP contribution in [0.1, 0.15) is 30.1 Å². The van der Waals surface area contributed by atoms with E-state index < -0.39 is 0 Å². The second-order valence-electron chi connectivity index (χ2n) is 5.09. The fourth-order valence-electron chi connectivity index (χ4n) is 2.48. The van der Waals surface area contributed by atoms with E-state index in [1.165, 1.54) is 5.56 Å². The highest BCUT2D eigenvalue weighted by atomic mass is 16.5. The quantitative estimate of drug-likeness (QED) is 0.918. The van der Waals surface area contributed by atoms with Crippen molar-refractivity contribution in [3.8, 4) is 0 Å². The van der Waals surface area contributed by atoms with Crippen molar-refractivity contribution in [2.24, 2.45) is 5.92 Å². The standard InChI is InChI=1S/C15H16N2O2/c1-10-7-14(17-19-10)16-15(18)13-8-12(9-13)11-5-3-2-4-6-11/h2-7,12-13H,8-9H2,1H3,(H,16,17,18). The van der Waals surface area contributed by atoms with Crippen LogP contribution in [0.15, 0.2) is 40.9 Å². The number of hydrogen-bond donors (Lipinski definition) is 1. The average Bonchev–Trinajstić information content (AvgIpc) is 2.74. The van der Waals surface area contributed by atoms with Crippen molar-refractivity contribution in [1.82, 2.24) is 5.16 Å². The molecule has 1 aromatic carbocycles. The monoisotopic (exact) mass is 256 g/mol. The summed E-state index contributed by atoms with van der Waals surface area (Å²) in [6.07, 6.45) is 1.82. The number of amides is 1. The molecule has 0 spiro atoms. The Kier molecular flexibility index (Phi) is 3.07. The van der Waals surface area contributed by atoms with E-state index in [-0.39, 0.29) is 11.8 Å². The Morgan fingerprint density at radius 3 is 2.68 bits per heavy atom. The zero-order valence-corrected chi connectivity index (χ0v) is 10.8. The average molecular weight is 256 g/mol. The molecule has 0 bridgehead atoms. The highest BCUT2D eigenvalue weighted by Crippen LogP contribution is 2.41. The summed E-state index contributed by atoms with van der Waals surface area (Å²) in [7, 11) is 0. The highest BCUT2D eigenvalue weighted by molar-refractivity contribution is 5.92. The van der Waals surface area contributed by atoms with Crippen LogP contribution in [0, 0.1) is 12.8 Å². The van der Waals surface area contributed by atoms with Crippen molar-refractivity contribution in [2.45, 2.75) is 25.7 Å². The number of aryl methyl sites for hydroxylation is 1. The Bertz CT molecular complexity index is 571. The SMILES string of the molecule is Cc1cc(NC(=O)C2CC(c3ccccc3)C2)no1. The molecule has 1 N–H and O–H groups in total. The Morgan fingerprint density at radius 2 is 2.05 bits per heavy atom. The normalized spacial score (nSPS) is 21.7. The fraction of sp³-hybridized carbons (Fsp3) is 0.333. The third-order valence-electron chi connectivity index (χ3n) is 3.66. The Hall–Kier alpha value is -2.10. The summed E-state index contributed by atoms with van der Waals surface area (Å²) < 4.78 is 4.92. The summed E-state index contributed by atoms with van der Waals surface area (Å²) in [5.74, 6) is 1.84. The molecule has 1 amide bonds. The Morgan fingerprint density at radius 1 is 1.32 bits per heavy atom. The van der Waals surface area contributed by atoms with E-state index in [2.05, 4.69) is 22.6 Å². The molecule has 0 atom stereocenters. The summed E-state index contributed by atoms with van der Waals surface area (Å²) >= 11 is 0. The van der Waals surface area contributed by atoms with Gasteiger partial charge in [0.25, 0.3) is 0 Å². The topological polar surface area (TPSA) is 55.1 Å². The zero-order valence-electron chi connectivity index (χ0n) is 10.8. The van der Waals surface area contributed by atoms with Gasteiger partial charge in [0.05, 0.1) is 0 Å². The number of carbonyl (C=O) groups excluding carboxylic acids is 1. The Balaban J connectivity index is 1.54. The molecule has 4 nitrogen and oxygen atoms in total. The molecular weight excluding hydrogens is 240 g/mol. The third kappa shape index (κ3) is 2.52. The second kappa shape index (κ2) is 4.88. The van der Waals surface area contributed by atoms with E-state index in [9.17, 15) is 4.79 Å². The van der Waals surface area contributed by atoms with Crippen molar-refractivity contribution in [3.05, 3.63) is 47.7 Å². The smallest absolute Gasteiger partial charge is 0.228 e. The van der Waals surface area contributed by atoms with Crippen molar-refractivity contribution in [1.29, 1.82) is 0 Å². The molecule has 1 heterocycles. The Labute approximate surface area is 111 Å². The first kappa shape index (κ1) is 12.0. The van der Waals surface area contributed by atoms with Crippen molar-refractivity contribution >= 4 is 11.7 Å². The maximum absolute atomic E-state index is 12.0. The lowest BCUT2D eigenvalue weighted by molar-refractivity contribution is -0.122. The second-order valence-corrected chi connectivity index (χ2v) is 5.09. The number of hydrogen-bond acceptors (Lipinski definition) is 3. The summed E-state index contributed by atoms with van der Waals surface area (Å²) in [4.78, 5) is 12.0. The lowest BCUT2D eigenvalue weighted by Gasteiger charge is -2.34. The van der Waals surface area contributed by atoms with Crippen molar-refractivity contribution < 1.29 is 9.32 Å². The number of nitrogens with one attached hydrogen (secondary N) is 1. The summed E-state index contributed by atoms with van der Waals surface area (Å²) in [6, 6.07) is 12.1. The van der Waals surface area contributed by atoms with Crippen molar-refractivity contribution in [2.75, 3.05) is 5.32 Å². The number of aromatic nitrogens is 1. The molecule has 1 aromatic heterocycles. The van der Waals surface area contributed by atoms with Gasteiger partial charge in [-0.2, -0.15) is 0 Å². The van der Waals surface area contributed by atoms with Gasteiger partial charge in [-0.05, 0) is 31.2 Å². The van der Waals surface area contributed by atoms with E-state index in [0.717, 1.165) is 12.8 Å². The van der Waals surface area contributed by atoms with Gasteiger partial charge in [-0.15, -0.1) is 0 Å². The van der Waals surface area contributed by atoms with Crippen LogP contribution in [0.3, 0.4) is 0 Å². The molecule has 3 rings (SSSR count). The third-order valence-corrected chi connectivity index (χ3v) is 3.66. The van der Waals surface area contributed by atoms with E-state index in [4.69, 9.17) is 4.52 Å². The highest BCUT2D eigenvalue weighted by Gasteiger charge is 2.35. The molecule has 0 radical (unpaired) electrons. The van der Waals surface area contributed by atoms with Gasteiger partial charge in [0.2, 0.25) is 5.91 Å². The summed E-state index contributed by atoms with van der Waals surface area (Å²) in [6.45, 7) is 1.80. The first-order chi connectivity index (χ1) is 9.22. The molecule has 1 aliphatic carbocycles. The van der Waals surface area contributed by atoms with Gasteiger partial charge in [0, 0.05) is 12.0 Å². The van der Waals surface area contributed by atoms with E-state index >= 15 is 0 Å². The maximum Gasteiger partial charge on any atom is 0.228 e. The van der Waals surface area contributed by atoms with Crippen LogP contribution in [0.5, 0.6) is 0 Å². The van der Waals surface area contributed by atoms with Crippen LogP contribution in [-0.2, 0) is 4.79 Å². The van der Waals surface area contributed by atoms with Crippen LogP contribution in [0.2, 0.25) is 0 Å². The molecule has 1 saturated carbocycles. The lowest BCUT2D eigenvalue weighted by Crippen LogP contribution is -2.33. The molecule has 0 aliphatic heterocycles. The number of anilines is 1. The largest absolute Gasteiger partial charge is 0.360 e. The molecule has 19 heavy (non-hydrogen) atoms. The van der Waals surface area contributed by atoms with Gasteiger partial charge in [-0.25, -0.2) is 0 Å². The van der Waals surface area contributed by atoms with Gasteiger partial charge in [0.1, 0.15) is 5.76 Å². The minimum Gasteiger partial charge on any atom is -0.360 e. The van der Waals surface area contributed by atoms with Crippen LogP contribution >= 0.6 is 0 Å². The van der Waals surface area contributed by atoms with E-state index in [1.807, 2.05) is 18.2 Å². The van der Waals surface area contributed by atoms with Gasteiger partial charge >= 0.3 is 0 Å². The molecule has 4 heteroatoms. The van der Waals surface area contributed by atoms with Crippen molar-refractivity contribution in [3.63, 3.8) is 0 Å². The van der Waals surface area contributed by atoms with Gasteiger partial charge < -0.3 is 9.84 Å².